The highest BCUT2D eigenvalue weighted by Crippen LogP contribution is 2.22. The van der Waals surface area contributed by atoms with Crippen LogP contribution in [0, 0.1) is 11.6 Å². The van der Waals surface area contributed by atoms with Crippen LogP contribution in [-0.2, 0) is 6.42 Å². The van der Waals surface area contributed by atoms with Crippen LogP contribution in [0.1, 0.15) is 17.2 Å². The molecule has 0 aliphatic carbocycles. The Morgan fingerprint density at radius 1 is 1.29 bits per heavy atom. The maximum atomic E-state index is 13.0. The molecule has 0 aromatic heterocycles. The summed E-state index contributed by atoms with van der Waals surface area (Å²) in [6.45, 7) is 1.36. The minimum atomic E-state index is -0.818. The van der Waals surface area contributed by atoms with Gasteiger partial charge in [-0.05, 0) is 36.2 Å². The lowest BCUT2D eigenvalue weighted by Crippen LogP contribution is -2.25. The third-order valence-corrected chi connectivity index (χ3v) is 2.52. The SMILES string of the molecule is NC1CNCCc2cc(F)c(F)cc21. The van der Waals surface area contributed by atoms with Crippen molar-refractivity contribution in [2.24, 2.45) is 5.73 Å². The second kappa shape index (κ2) is 3.63. The fraction of sp³-hybridized carbons (Fsp3) is 0.400. The van der Waals surface area contributed by atoms with Crippen LogP contribution in [0.3, 0.4) is 0 Å². The van der Waals surface area contributed by atoms with E-state index in [9.17, 15) is 8.78 Å². The standard InChI is InChI=1S/C10H12F2N2/c11-8-3-6-1-2-14-5-10(13)7(6)4-9(8)12/h3-4,10,14H,1-2,5,13H2. The Bertz CT molecular complexity index is 352. The summed E-state index contributed by atoms with van der Waals surface area (Å²) in [6, 6.07) is 2.21. The topological polar surface area (TPSA) is 38.0 Å². The Kier molecular flexibility index (Phi) is 2.48. The lowest BCUT2D eigenvalue weighted by atomic mass is 10.00. The van der Waals surface area contributed by atoms with Crippen molar-refractivity contribution in [3.05, 3.63) is 34.9 Å². The van der Waals surface area contributed by atoms with E-state index in [0.717, 1.165) is 12.1 Å². The highest BCUT2D eigenvalue weighted by molar-refractivity contribution is 5.32. The van der Waals surface area contributed by atoms with E-state index in [1.54, 1.807) is 0 Å². The van der Waals surface area contributed by atoms with E-state index >= 15 is 0 Å². The molecule has 0 radical (unpaired) electrons. The van der Waals surface area contributed by atoms with Gasteiger partial charge in [0.05, 0.1) is 0 Å². The smallest absolute Gasteiger partial charge is 0.159 e. The number of nitrogens with one attached hydrogen (secondary N) is 1. The molecule has 3 N–H and O–H groups in total. The van der Waals surface area contributed by atoms with Gasteiger partial charge in [-0.2, -0.15) is 0 Å². The van der Waals surface area contributed by atoms with Crippen molar-refractivity contribution in [1.29, 1.82) is 0 Å². The Morgan fingerprint density at radius 3 is 2.79 bits per heavy atom. The van der Waals surface area contributed by atoms with Crippen molar-refractivity contribution < 1.29 is 8.78 Å². The first-order valence-electron chi connectivity index (χ1n) is 4.62. The number of nitrogens with two attached hydrogens (primary N) is 1. The van der Waals surface area contributed by atoms with Gasteiger partial charge < -0.3 is 11.1 Å². The predicted molar refractivity (Wildman–Crippen MR) is 49.9 cm³/mol. The van der Waals surface area contributed by atoms with E-state index in [-0.39, 0.29) is 6.04 Å². The summed E-state index contributed by atoms with van der Waals surface area (Å²) < 4.78 is 25.9. The molecule has 1 aromatic carbocycles. The van der Waals surface area contributed by atoms with Gasteiger partial charge in [0.2, 0.25) is 0 Å². The van der Waals surface area contributed by atoms with Crippen molar-refractivity contribution in [2.75, 3.05) is 13.1 Å². The van der Waals surface area contributed by atoms with Gasteiger partial charge >= 0.3 is 0 Å². The van der Waals surface area contributed by atoms with Crippen molar-refractivity contribution >= 4 is 0 Å². The summed E-state index contributed by atoms with van der Waals surface area (Å²) >= 11 is 0. The maximum Gasteiger partial charge on any atom is 0.159 e. The van der Waals surface area contributed by atoms with Crippen molar-refractivity contribution in [1.82, 2.24) is 5.32 Å². The molecule has 0 bridgehead atoms. The molecule has 1 aromatic rings. The van der Waals surface area contributed by atoms with Crippen LogP contribution in [0.15, 0.2) is 12.1 Å². The van der Waals surface area contributed by atoms with E-state index in [1.807, 2.05) is 0 Å². The molecule has 1 unspecified atom stereocenters. The van der Waals surface area contributed by atoms with E-state index in [0.29, 0.717) is 18.5 Å². The van der Waals surface area contributed by atoms with Gasteiger partial charge in [0.25, 0.3) is 0 Å². The number of benzene rings is 1. The number of rotatable bonds is 0. The summed E-state index contributed by atoms with van der Waals surface area (Å²) in [5.41, 5.74) is 7.34. The molecule has 0 spiro atoms. The molecule has 1 heterocycles. The number of hydrogen-bond acceptors (Lipinski definition) is 2. The first-order chi connectivity index (χ1) is 6.68. The molecular weight excluding hydrogens is 186 g/mol. The van der Waals surface area contributed by atoms with Crippen LogP contribution in [0.4, 0.5) is 8.78 Å². The number of hydrogen-bond donors (Lipinski definition) is 2. The normalized spacial score (nSPS) is 21.5. The fourth-order valence-electron chi connectivity index (χ4n) is 1.76. The second-order valence-corrected chi connectivity index (χ2v) is 3.53. The van der Waals surface area contributed by atoms with Crippen molar-refractivity contribution in [3.63, 3.8) is 0 Å². The highest BCUT2D eigenvalue weighted by atomic mass is 19.2. The second-order valence-electron chi connectivity index (χ2n) is 3.53. The first-order valence-corrected chi connectivity index (χ1v) is 4.62. The third-order valence-electron chi connectivity index (χ3n) is 2.52. The molecule has 4 heteroatoms. The quantitative estimate of drug-likeness (QED) is 0.655. The summed E-state index contributed by atoms with van der Waals surface area (Å²) in [5.74, 6) is -1.61. The minimum absolute atomic E-state index is 0.248. The summed E-state index contributed by atoms with van der Waals surface area (Å²) in [5, 5.41) is 3.11. The Hall–Kier alpha value is -1.00. The van der Waals surface area contributed by atoms with E-state index < -0.39 is 11.6 Å². The Balaban J connectivity index is 2.49. The molecule has 0 saturated carbocycles. The van der Waals surface area contributed by atoms with E-state index in [1.165, 1.54) is 12.1 Å². The zero-order chi connectivity index (χ0) is 10.1. The van der Waals surface area contributed by atoms with Crippen molar-refractivity contribution in [2.45, 2.75) is 12.5 Å². The lowest BCUT2D eigenvalue weighted by Gasteiger charge is -2.12. The third kappa shape index (κ3) is 1.63. The average Bonchev–Trinajstić information content (AvgIpc) is 2.31. The van der Waals surface area contributed by atoms with Gasteiger partial charge in [0.15, 0.2) is 11.6 Å². The van der Waals surface area contributed by atoms with Gasteiger partial charge in [-0.3, -0.25) is 0 Å². The van der Waals surface area contributed by atoms with Crippen LogP contribution < -0.4 is 11.1 Å². The fourth-order valence-corrected chi connectivity index (χ4v) is 1.76. The summed E-state index contributed by atoms with van der Waals surface area (Å²) in [7, 11) is 0. The molecule has 1 aliphatic rings. The summed E-state index contributed by atoms with van der Waals surface area (Å²) in [4.78, 5) is 0. The molecule has 0 saturated heterocycles. The van der Waals surface area contributed by atoms with Crippen molar-refractivity contribution in [3.8, 4) is 0 Å². The highest BCUT2D eigenvalue weighted by Gasteiger charge is 2.17. The van der Waals surface area contributed by atoms with Gasteiger partial charge in [-0.15, -0.1) is 0 Å². The van der Waals surface area contributed by atoms with Gasteiger partial charge in [-0.1, -0.05) is 0 Å². The lowest BCUT2D eigenvalue weighted by molar-refractivity contribution is 0.504. The van der Waals surface area contributed by atoms with Gasteiger partial charge in [-0.25, -0.2) is 8.78 Å². The van der Waals surface area contributed by atoms with Crippen LogP contribution in [0.2, 0.25) is 0 Å². The van der Waals surface area contributed by atoms with Crippen LogP contribution >= 0.6 is 0 Å². The number of halogens is 2. The molecule has 2 rings (SSSR count). The van der Waals surface area contributed by atoms with Crippen LogP contribution in [0.5, 0.6) is 0 Å². The maximum absolute atomic E-state index is 13.0. The Labute approximate surface area is 81.1 Å². The minimum Gasteiger partial charge on any atom is -0.323 e. The van der Waals surface area contributed by atoms with Gasteiger partial charge in [0.1, 0.15) is 0 Å². The molecule has 0 fully saturated rings. The predicted octanol–water partition coefficient (Wildman–Crippen LogP) is 1.11. The molecule has 2 nitrogen and oxygen atoms in total. The van der Waals surface area contributed by atoms with E-state index in [2.05, 4.69) is 5.32 Å². The van der Waals surface area contributed by atoms with Crippen LogP contribution in [0.25, 0.3) is 0 Å². The zero-order valence-electron chi connectivity index (χ0n) is 7.69. The average molecular weight is 198 g/mol. The molecule has 76 valence electrons. The largest absolute Gasteiger partial charge is 0.323 e. The van der Waals surface area contributed by atoms with E-state index in [4.69, 9.17) is 5.73 Å². The number of fused-ring (bicyclic) bond motifs is 1. The first kappa shape index (κ1) is 9.55. The van der Waals surface area contributed by atoms with Gasteiger partial charge in [0, 0.05) is 12.6 Å². The molecule has 1 atom stereocenters. The molecular formula is C10H12F2N2. The Morgan fingerprint density at radius 2 is 2.00 bits per heavy atom. The summed E-state index contributed by atoms with van der Waals surface area (Å²) in [6.07, 6.45) is 0.695. The molecule has 0 amide bonds. The van der Waals surface area contributed by atoms with Crippen LogP contribution in [-0.4, -0.2) is 13.1 Å². The monoisotopic (exact) mass is 198 g/mol. The molecule has 14 heavy (non-hydrogen) atoms. The zero-order valence-corrected chi connectivity index (χ0v) is 7.69. The molecule has 1 aliphatic heterocycles.